The highest BCUT2D eigenvalue weighted by Crippen LogP contribution is 2.60. The van der Waals surface area contributed by atoms with E-state index in [1.807, 2.05) is 0 Å². The molecule has 4 saturated carbocycles. The zero-order valence-corrected chi connectivity index (χ0v) is 25.8. The van der Waals surface area contributed by atoms with Crippen LogP contribution in [0.2, 0.25) is 0 Å². The number of halogens is 4. The highest BCUT2D eigenvalue weighted by Gasteiger charge is 2.63. The van der Waals surface area contributed by atoms with E-state index in [9.17, 15) is 35.3 Å². The molecule has 0 radical (unpaired) electrons. The number of benzene rings is 1. The Bertz CT molecular complexity index is 1160. The summed E-state index contributed by atoms with van der Waals surface area (Å²) in [6.45, 7) is 6.77. The summed E-state index contributed by atoms with van der Waals surface area (Å²) in [6.07, 6.45) is -0.216. The number of esters is 1. The van der Waals surface area contributed by atoms with Crippen molar-refractivity contribution in [1.29, 1.82) is 0 Å². The molecule has 0 atom stereocenters. The van der Waals surface area contributed by atoms with Gasteiger partial charge in [0, 0.05) is 10.9 Å². The van der Waals surface area contributed by atoms with Crippen LogP contribution in [0.4, 0.5) is 17.6 Å². The van der Waals surface area contributed by atoms with E-state index in [0.29, 0.717) is 47.9 Å². The van der Waals surface area contributed by atoms with Crippen molar-refractivity contribution in [1.82, 2.24) is 0 Å². The average molecular weight is 641 g/mol. The Hall–Kier alpha value is -1.41. The minimum Gasteiger partial charge on any atom is -0.743 e. The fourth-order valence-electron chi connectivity index (χ4n) is 6.95. The molecule has 13 heteroatoms. The highest BCUT2D eigenvalue weighted by molar-refractivity contribution is 7.97. The third kappa shape index (κ3) is 7.44. The van der Waals surface area contributed by atoms with Crippen molar-refractivity contribution in [2.75, 3.05) is 37.9 Å². The monoisotopic (exact) mass is 640 g/mol. The Balaban J connectivity index is 0.000000216. The smallest absolute Gasteiger partial charge is 0.433 e. The number of alkyl halides is 4. The summed E-state index contributed by atoms with van der Waals surface area (Å²) >= 11 is 0. The molecule has 0 unspecified atom stereocenters. The number of hydrogen-bond acceptors (Lipinski definition) is 7. The number of carbonyl (C=O) groups excluding carboxylic acids is 1. The van der Waals surface area contributed by atoms with Gasteiger partial charge < -0.3 is 18.8 Å². The van der Waals surface area contributed by atoms with Gasteiger partial charge in [-0.2, -0.15) is 17.6 Å². The van der Waals surface area contributed by atoms with Crippen molar-refractivity contribution < 1.29 is 49.5 Å². The molecule has 4 bridgehead atoms. The molecule has 4 aliphatic carbocycles. The third-order valence-corrected chi connectivity index (χ3v) is 11.8. The first kappa shape index (κ1) is 33.5. The quantitative estimate of drug-likeness (QED) is 0.122. The lowest BCUT2D eigenvalue weighted by molar-refractivity contribution is -0.320. The Morgan fingerprint density at radius 1 is 0.952 bits per heavy atom. The molecule has 7 nitrogen and oxygen atoms in total. The van der Waals surface area contributed by atoms with Crippen LogP contribution in [-0.2, 0) is 45.4 Å². The van der Waals surface area contributed by atoms with Gasteiger partial charge in [-0.3, -0.25) is 4.79 Å². The van der Waals surface area contributed by atoms with E-state index in [-0.39, 0.29) is 5.41 Å². The molecule has 1 aromatic rings. The summed E-state index contributed by atoms with van der Waals surface area (Å²) in [7, 11) is -6.18. The Labute approximate surface area is 248 Å². The maximum atomic E-state index is 13.1. The molecule has 5 fully saturated rings. The lowest BCUT2D eigenvalue weighted by Crippen LogP contribution is -2.51. The van der Waals surface area contributed by atoms with Crippen molar-refractivity contribution in [3.8, 4) is 0 Å². The predicted molar refractivity (Wildman–Crippen MR) is 148 cm³/mol. The Kier molecular flexibility index (Phi) is 9.99. The first-order valence-electron chi connectivity index (χ1n) is 14.3. The van der Waals surface area contributed by atoms with Crippen LogP contribution in [0.5, 0.6) is 0 Å². The van der Waals surface area contributed by atoms with Gasteiger partial charge in [0.15, 0.2) is 15.0 Å². The minimum atomic E-state index is -6.61. The van der Waals surface area contributed by atoms with E-state index in [4.69, 9.17) is 9.47 Å². The second-order valence-electron chi connectivity index (χ2n) is 13.0. The maximum Gasteiger partial charge on any atom is 0.433 e. The van der Waals surface area contributed by atoms with Crippen molar-refractivity contribution in [2.24, 2.45) is 23.2 Å². The van der Waals surface area contributed by atoms with Gasteiger partial charge in [0.2, 0.25) is 0 Å². The van der Waals surface area contributed by atoms with Crippen molar-refractivity contribution in [2.45, 2.75) is 81.0 Å². The van der Waals surface area contributed by atoms with Crippen LogP contribution in [0, 0.1) is 23.2 Å². The first-order valence-corrected chi connectivity index (χ1v) is 17.3. The largest absolute Gasteiger partial charge is 0.743 e. The maximum absolute atomic E-state index is 13.1. The molecule has 6 rings (SSSR count). The molecule has 0 amide bonds. The molecular weight excluding hydrogens is 600 g/mol. The van der Waals surface area contributed by atoms with Crippen molar-refractivity contribution >= 4 is 27.0 Å². The van der Waals surface area contributed by atoms with Gasteiger partial charge in [0.25, 0.3) is 0 Å². The molecule has 1 aliphatic heterocycles. The van der Waals surface area contributed by atoms with E-state index < -0.39 is 46.1 Å². The van der Waals surface area contributed by atoms with Gasteiger partial charge >= 0.3 is 17.3 Å². The molecule has 1 aromatic carbocycles. The number of hydrogen-bond donors (Lipinski definition) is 0. The number of carbonyl (C=O) groups is 1. The molecule has 0 aromatic heterocycles. The van der Waals surface area contributed by atoms with Gasteiger partial charge in [0.1, 0.15) is 18.1 Å². The second-order valence-corrected chi connectivity index (χ2v) is 16.7. The van der Waals surface area contributed by atoms with Gasteiger partial charge in [0.05, 0.1) is 25.2 Å². The molecule has 42 heavy (non-hydrogen) atoms. The number of ether oxygens (including phenoxy) is 3. The van der Waals surface area contributed by atoms with Crippen LogP contribution in [-0.4, -0.2) is 68.2 Å². The normalized spacial score (nSPS) is 28.2. The van der Waals surface area contributed by atoms with Gasteiger partial charge in [-0.05, 0) is 79.4 Å². The summed E-state index contributed by atoms with van der Waals surface area (Å²) in [5, 5.41) is -5.91. The van der Waals surface area contributed by atoms with Gasteiger partial charge in [-0.15, -0.1) is 0 Å². The lowest BCUT2D eigenvalue weighted by atomic mass is 9.49. The highest BCUT2D eigenvalue weighted by atomic mass is 32.2. The third-order valence-electron chi connectivity index (χ3n) is 8.73. The molecule has 1 heterocycles. The summed E-state index contributed by atoms with van der Waals surface area (Å²) in [5.74, 6) is 3.22. The first-order chi connectivity index (χ1) is 19.4. The van der Waals surface area contributed by atoms with Crippen LogP contribution < -0.4 is 0 Å². The van der Waals surface area contributed by atoms with Crippen LogP contribution in [0.15, 0.2) is 29.2 Å². The van der Waals surface area contributed by atoms with E-state index in [0.717, 1.165) is 32.5 Å². The predicted octanol–water partition coefficient (Wildman–Crippen LogP) is 5.48. The lowest BCUT2D eigenvalue weighted by Gasteiger charge is -2.55. The molecule has 0 N–H and O–H groups in total. The molecule has 238 valence electrons. The second kappa shape index (κ2) is 12.5. The van der Waals surface area contributed by atoms with E-state index in [1.54, 1.807) is 0 Å². The minimum absolute atomic E-state index is 0.261. The van der Waals surface area contributed by atoms with Gasteiger partial charge in [-0.25, -0.2) is 8.42 Å². The zero-order chi connectivity index (χ0) is 31.0. The van der Waals surface area contributed by atoms with Crippen molar-refractivity contribution in [3.63, 3.8) is 0 Å². The summed E-state index contributed by atoms with van der Waals surface area (Å²) in [5.41, 5.74) is 1.05. The molecule has 5 aliphatic rings. The summed E-state index contributed by atoms with van der Waals surface area (Å²) in [6, 6.07) is 9.21. The van der Waals surface area contributed by atoms with E-state index >= 15 is 0 Å². The SMILES string of the molecule is CC(C)(C)c1ccc([S+]2CCOCC2)cc1.O=C(OCCOC(F)(F)C(F)(F)S(=O)(=O)[O-])C12CC3CC(CC(C3)C1)C2. The zero-order valence-electron chi connectivity index (χ0n) is 24.2. The van der Waals surface area contributed by atoms with Crippen LogP contribution >= 0.6 is 0 Å². The fourth-order valence-corrected chi connectivity index (χ4v) is 9.14. The van der Waals surface area contributed by atoms with Crippen LogP contribution in [0.25, 0.3) is 0 Å². The molecule has 1 saturated heterocycles. The van der Waals surface area contributed by atoms with Crippen LogP contribution in [0.1, 0.15) is 64.9 Å². The van der Waals surface area contributed by atoms with E-state index in [1.165, 1.54) is 22.0 Å². The standard InChI is InChI=1S/C15H20F4O6S.C14H21OS/c16-14(17,15(18,19)26(21,22)23)25-2-1-24-12(20)13-6-9-3-10(7-13)5-11(4-9)8-13;1-14(2,3)12-4-6-13(7-5-12)16-10-8-15-9-11-16/h9-11H,1-8H2,(H,21,22,23);4-7H,8-11H2,1-3H3/q;+1/p-1. The summed E-state index contributed by atoms with van der Waals surface area (Å²) < 4.78 is 96.8. The fraction of sp³-hybridized carbons (Fsp3) is 0.759. The topological polar surface area (TPSA) is 102 Å². The Morgan fingerprint density at radius 3 is 1.90 bits per heavy atom. The van der Waals surface area contributed by atoms with E-state index in [2.05, 4.69) is 49.8 Å². The van der Waals surface area contributed by atoms with Gasteiger partial charge in [-0.1, -0.05) is 32.9 Å². The number of rotatable bonds is 8. The molecule has 0 spiro atoms. The van der Waals surface area contributed by atoms with Crippen LogP contribution in [0.3, 0.4) is 0 Å². The van der Waals surface area contributed by atoms with Crippen molar-refractivity contribution in [3.05, 3.63) is 29.8 Å². The average Bonchev–Trinajstić information content (AvgIpc) is 2.90. The summed E-state index contributed by atoms with van der Waals surface area (Å²) in [4.78, 5) is 13.9. The Morgan fingerprint density at radius 2 is 1.45 bits per heavy atom. The molecular formula is C29H40F4O7S2.